The summed E-state index contributed by atoms with van der Waals surface area (Å²) >= 11 is 1.74. The minimum Gasteiger partial charge on any atom is -0.341 e. The molecule has 1 aromatic heterocycles. The Hall–Kier alpha value is -4.41. The monoisotopic (exact) mass is 481 g/mol. The van der Waals surface area contributed by atoms with E-state index in [-0.39, 0.29) is 0 Å². The van der Waals surface area contributed by atoms with E-state index >= 15 is 0 Å². The number of thiazole rings is 1. The molecule has 0 aliphatic carbocycles. The second-order valence-electron chi connectivity index (χ2n) is 8.98. The molecule has 5 aromatic carbocycles. The number of aromatic nitrogens is 1. The van der Waals surface area contributed by atoms with Gasteiger partial charge in [-0.25, -0.2) is 4.98 Å². The highest BCUT2D eigenvalue weighted by Crippen LogP contribution is 2.50. The summed E-state index contributed by atoms with van der Waals surface area (Å²) in [7, 11) is 2.14. The van der Waals surface area contributed by atoms with Crippen molar-refractivity contribution in [3.05, 3.63) is 121 Å². The SMILES string of the molecule is CN1c2ccccc2N(c2ccc(-c3ccc(-c4nc5ccccc5s4)cc3)cc2)c2ccccc21. The molecule has 6 aromatic rings. The van der Waals surface area contributed by atoms with Gasteiger partial charge in [0.15, 0.2) is 0 Å². The van der Waals surface area contributed by atoms with Crippen LogP contribution >= 0.6 is 11.3 Å². The van der Waals surface area contributed by atoms with Gasteiger partial charge in [-0.05, 0) is 59.7 Å². The molecule has 0 fully saturated rings. The molecule has 0 atom stereocenters. The van der Waals surface area contributed by atoms with Crippen LogP contribution in [0.1, 0.15) is 0 Å². The lowest BCUT2D eigenvalue weighted by molar-refractivity contribution is 1.13. The molecule has 4 heteroatoms. The van der Waals surface area contributed by atoms with E-state index in [4.69, 9.17) is 4.98 Å². The Labute approximate surface area is 214 Å². The predicted molar refractivity (Wildman–Crippen MR) is 153 cm³/mol. The third kappa shape index (κ3) is 3.38. The molecule has 0 saturated carbocycles. The Morgan fingerprint density at radius 3 is 1.64 bits per heavy atom. The van der Waals surface area contributed by atoms with E-state index in [2.05, 4.69) is 132 Å². The molecule has 1 aliphatic heterocycles. The number of benzene rings is 5. The summed E-state index contributed by atoms with van der Waals surface area (Å²) in [6.45, 7) is 0. The summed E-state index contributed by atoms with van der Waals surface area (Å²) in [6, 6.07) is 43.1. The molecule has 0 N–H and O–H groups in total. The summed E-state index contributed by atoms with van der Waals surface area (Å²) < 4.78 is 1.22. The van der Waals surface area contributed by atoms with Gasteiger partial charge in [0.2, 0.25) is 0 Å². The Balaban J connectivity index is 1.22. The van der Waals surface area contributed by atoms with Crippen LogP contribution in [0.15, 0.2) is 121 Å². The van der Waals surface area contributed by atoms with Crippen molar-refractivity contribution in [1.29, 1.82) is 0 Å². The summed E-state index contributed by atoms with van der Waals surface area (Å²) in [5, 5.41) is 1.06. The van der Waals surface area contributed by atoms with Gasteiger partial charge in [-0.15, -0.1) is 11.3 Å². The number of hydrogen-bond acceptors (Lipinski definition) is 4. The second kappa shape index (κ2) is 8.36. The van der Waals surface area contributed by atoms with Gasteiger partial charge in [0.1, 0.15) is 5.01 Å². The first kappa shape index (κ1) is 20.9. The van der Waals surface area contributed by atoms with E-state index in [0.29, 0.717) is 0 Å². The van der Waals surface area contributed by atoms with Crippen LogP contribution in [-0.4, -0.2) is 12.0 Å². The first-order valence-electron chi connectivity index (χ1n) is 12.0. The maximum absolute atomic E-state index is 4.80. The molecule has 0 radical (unpaired) electrons. The van der Waals surface area contributed by atoms with Crippen molar-refractivity contribution in [3.63, 3.8) is 0 Å². The standard InChI is InChI=1S/C32H23N3S/c1-34-27-9-3-5-11-29(27)35(30-12-6-4-10-28(30)34)25-20-18-23(19-21-25)22-14-16-24(17-15-22)32-33-26-8-2-7-13-31(26)36-32/h2-21H,1H3. The van der Waals surface area contributed by atoms with Crippen LogP contribution in [-0.2, 0) is 0 Å². The van der Waals surface area contributed by atoms with E-state index in [0.717, 1.165) is 21.8 Å². The zero-order valence-electron chi connectivity index (χ0n) is 19.8. The number of hydrogen-bond donors (Lipinski definition) is 0. The molecule has 2 heterocycles. The number of nitrogens with zero attached hydrogens (tertiary/aromatic N) is 3. The molecule has 172 valence electrons. The third-order valence-electron chi connectivity index (χ3n) is 6.85. The highest BCUT2D eigenvalue weighted by Gasteiger charge is 2.26. The summed E-state index contributed by atoms with van der Waals surface area (Å²) in [4.78, 5) is 9.42. The van der Waals surface area contributed by atoms with Crippen LogP contribution in [0.2, 0.25) is 0 Å². The van der Waals surface area contributed by atoms with Crippen LogP contribution in [0.4, 0.5) is 28.4 Å². The molecule has 36 heavy (non-hydrogen) atoms. The fraction of sp³-hybridized carbons (Fsp3) is 0.0312. The topological polar surface area (TPSA) is 19.4 Å². The summed E-state index contributed by atoms with van der Waals surface area (Å²) in [5.41, 5.74) is 10.5. The minimum atomic E-state index is 1.06. The fourth-order valence-electron chi connectivity index (χ4n) is 5.02. The van der Waals surface area contributed by atoms with E-state index in [9.17, 15) is 0 Å². The molecule has 0 saturated heterocycles. The Morgan fingerprint density at radius 1 is 0.528 bits per heavy atom. The first-order chi connectivity index (χ1) is 17.8. The molecule has 0 bridgehead atoms. The van der Waals surface area contributed by atoms with Gasteiger partial charge < -0.3 is 9.80 Å². The van der Waals surface area contributed by atoms with E-state index < -0.39 is 0 Å². The highest BCUT2D eigenvalue weighted by atomic mass is 32.1. The van der Waals surface area contributed by atoms with Crippen molar-refractivity contribution >= 4 is 50.0 Å². The zero-order valence-corrected chi connectivity index (χ0v) is 20.6. The van der Waals surface area contributed by atoms with Crippen LogP contribution in [0.3, 0.4) is 0 Å². The Bertz CT molecular complexity index is 1620. The molecular weight excluding hydrogens is 458 g/mol. The van der Waals surface area contributed by atoms with Crippen molar-refractivity contribution in [1.82, 2.24) is 4.98 Å². The first-order valence-corrected chi connectivity index (χ1v) is 12.9. The maximum atomic E-state index is 4.80. The normalized spacial score (nSPS) is 12.5. The third-order valence-corrected chi connectivity index (χ3v) is 7.94. The number of fused-ring (bicyclic) bond motifs is 3. The van der Waals surface area contributed by atoms with Crippen LogP contribution in [0.25, 0.3) is 31.9 Å². The molecule has 7 rings (SSSR count). The quantitative estimate of drug-likeness (QED) is 0.251. The van der Waals surface area contributed by atoms with Gasteiger partial charge in [0.25, 0.3) is 0 Å². The van der Waals surface area contributed by atoms with E-state index in [1.807, 2.05) is 6.07 Å². The number of anilines is 5. The largest absolute Gasteiger partial charge is 0.341 e. The number of para-hydroxylation sites is 5. The lowest BCUT2D eigenvalue weighted by Gasteiger charge is -2.38. The van der Waals surface area contributed by atoms with Gasteiger partial charge in [0.05, 0.1) is 33.0 Å². The van der Waals surface area contributed by atoms with Crippen LogP contribution in [0.5, 0.6) is 0 Å². The van der Waals surface area contributed by atoms with Crippen LogP contribution in [0, 0.1) is 0 Å². The molecule has 0 unspecified atom stereocenters. The van der Waals surface area contributed by atoms with Crippen molar-refractivity contribution in [3.8, 4) is 21.7 Å². The van der Waals surface area contributed by atoms with Crippen molar-refractivity contribution in [2.45, 2.75) is 0 Å². The number of rotatable bonds is 3. The molecule has 0 spiro atoms. The Morgan fingerprint density at radius 2 is 1.03 bits per heavy atom. The molecular formula is C32H23N3S. The summed E-state index contributed by atoms with van der Waals surface area (Å²) in [6.07, 6.45) is 0. The van der Waals surface area contributed by atoms with Gasteiger partial charge in [-0.2, -0.15) is 0 Å². The Kier molecular flexibility index (Phi) is 4.86. The molecule has 1 aliphatic rings. The van der Waals surface area contributed by atoms with Crippen molar-refractivity contribution in [2.75, 3.05) is 16.8 Å². The van der Waals surface area contributed by atoms with Crippen LogP contribution < -0.4 is 9.80 Å². The van der Waals surface area contributed by atoms with Gasteiger partial charge in [-0.3, -0.25) is 0 Å². The zero-order chi connectivity index (χ0) is 24.1. The summed E-state index contributed by atoms with van der Waals surface area (Å²) in [5.74, 6) is 0. The molecule has 3 nitrogen and oxygen atoms in total. The van der Waals surface area contributed by atoms with Crippen molar-refractivity contribution in [2.24, 2.45) is 0 Å². The van der Waals surface area contributed by atoms with Gasteiger partial charge in [0, 0.05) is 18.3 Å². The van der Waals surface area contributed by atoms with E-state index in [1.54, 1.807) is 11.3 Å². The maximum Gasteiger partial charge on any atom is 0.124 e. The average molecular weight is 482 g/mol. The lowest BCUT2D eigenvalue weighted by atomic mass is 10.0. The van der Waals surface area contributed by atoms with E-state index in [1.165, 1.54) is 38.6 Å². The van der Waals surface area contributed by atoms with Gasteiger partial charge >= 0.3 is 0 Å². The molecule has 0 amide bonds. The smallest absolute Gasteiger partial charge is 0.124 e. The second-order valence-corrected chi connectivity index (χ2v) is 10.0. The average Bonchev–Trinajstić information content (AvgIpc) is 3.38. The fourth-order valence-corrected chi connectivity index (χ4v) is 5.99. The van der Waals surface area contributed by atoms with Crippen molar-refractivity contribution < 1.29 is 0 Å². The highest BCUT2D eigenvalue weighted by molar-refractivity contribution is 7.21. The predicted octanol–water partition coefficient (Wildman–Crippen LogP) is 9.18. The lowest BCUT2D eigenvalue weighted by Crippen LogP contribution is -2.23. The minimum absolute atomic E-state index is 1.06. The van der Waals surface area contributed by atoms with Gasteiger partial charge in [-0.1, -0.05) is 72.8 Å².